The third kappa shape index (κ3) is 4.25. The van der Waals surface area contributed by atoms with E-state index in [1.54, 1.807) is 0 Å². The highest BCUT2D eigenvalue weighted by atomic mass is 15.0. The van der Waals surface area contributed by atoms with E-state index in [1.165, 1.54) is 98.8 Å². The quantitative estimate of drug-likeness (QED) is 0.166. The monoisotopic (exact) mass is 660 g/mol. The highest BCUT2D eigenvalue weighted by Crippen LogP contribution is 2.42. The van der Waals surface area contributed by atoms with Crippen LogP contribution in [0.3, 0.4) is 0 Å². The highest BCUT2D eigenvalue weighted by molar-refractivity contribution is 6.16. The lowest BCUT2D eigenvalue weighted by atomic mass is 10.00. The molecule has 0 amide bonds. The molecule has 0 N–H and O–H groups in total. The molecule has 0 saturated carbocycles. The molecule has 0 saturated heterocycles. The number of nitrogens with zero attached hydrogens (tertiary/aromatic N) is 2. The lowest BCUT2D eigenvalue weighted by Crippen LogP contribution is -1.97. The summed E-state index contributed by atoms with van der Waals surface area (Å²) in [6.45, 7) is 0. The topological polar surface area (TPSA) is 9.86 Å². The molecule has 0 spiro atoms. The van der Waals surface area contributed by atoms with E-state index in [2.05, 4.69) is 203 Å². The van der Waals surface area contributed by atoms with Crippen molar-refractivity contribution >= 4 is 65.2 Å². The van der Waals surface area contributed by atoms with E-state index in [1.807, 2.05) is 0 Å². The molecule has 0 fully saturated rings. The van der Waals surface area contributed by atoms with Crippen molar-refractivity contribution in [1.82, 2.24) is 9.13 Å². The molecule has 11 aromatic rings. The van der Waals surface area contributed by atoms with Crippen LogP contribution < -0.4 is 0 Å². The Labute approximate surface area is 301 Å². The maximum atomic E-state index is 2.50. The molecule has 0 aliphatic heterocycles. The Bertz CT molecular complexity index is 3120. The van der Waals surface area contributed by atoms with Gasteiger partial charge in [-0.3, -0.25) is 0 Å². The fraction of sp³-hybridized carbons (Fsp3) is 0. The molecule has 242 valence electrons. The minimum Gasteiger partial charge on any atom is -0.309 e. The van der Waals surface area contributed by atoms with Crippen LogP contribution >= 0.6 is 0 Å². The molecule has 52 heavy (non-hydrogen) atoms. The van der Waals surface area contributed by atoms with E-state index >= 15 is 0 Å². The van der Waals surface area contributed by atoms with E-state index < -0.39 is 0 Å². The summed E-state index contributed by atoms with van der Waals surface area (Å²) in [5.74, 6) is 0. The second kappa shape index (κ2) is 11.3. The Hall–Kier alpha value is -6.90. The van der Waals surface area contributed by atoms with E-state index in [-0.39, 0.29) is 0 Å². The van der Waals surface area contributed by atoms with Crippen molar-refractivity contribution in [3.8, 4) is 33.6 Å². The van der Waals surface area contributed by atoms with Crippen LogP contribution in [0.4, 0.5) is 0 Å². The molecule has 0 atom stereocenters. The largest absolute Gasteiger partial charge is 0.309 e. The molecule has 0 radical (unpaired) electrons. The Morgan fingerprint density at radius 1 is 0.269 bits per heavy atom. The van der Waals surface area contributed by atoms with Gasteiger partial charge in [0, 0.05) is 37.9 Å². The van der Waals surface area contributed by atoms with Gasteiger partial charge in [0.15, 0.2) is 0 Å². The first-order chi connectivity index (χ1) is 25.8. The van der Waals surface area contributed by atoms with Crippen LogP contribution in [0.1, 0.15) is 0 Å². The molecular weight excluding hydrogens is 629 g/mol. The third-order valence-electron chi connectivity index (χ3n) is 10.9. The number of fused-ring (bicyclic) bond motifs is 8. The Balaban J connectivity index is 1.17. The van der Waals surface area contributed by atoms with Gasteiger partial charge in [-0.05, 0) is 69.9 Å². The normalized spacial score (nSPS) is 11.8. The van der Waals surface area contributed by atoms with Gasteiger partial charge in [0.25, 0.3) is 0 Å². The average molecular weight is 661 g/mol. The van der Waals surface area contributed by atoms with Gasteiger partial charge in [-0.15, -0.1) is 0 Å². The van der Waals surface area contributed by atoms with Gasteiger partial charge in [-0.1, -0.05) is 152 Å². The standard InChI is InChI=1S/C50H32N2/c1-2-14-33(15-3-1)38-18-8-11-23-45(38)51-46-24-12-10-22-42(46)44-31-34(27-29-48(44)51)35-26-28-43-41-21-9-13-25-47(41)52(49(43)32-35)50-39-19-6-4-16-36(39)30-37-17-5-7-20-40(37)50/h1-32H. The summed E-state index contributed by atoms with van der Waals surface area (Å²) in [6.07, 6.45) is 0. The predicted molar refractivity (Wildman–Crippen MR) is 221 cm³/mol. The zero-order valence-electron chi connectivity index (χ0n) is 28.4. The van der Waals surface area contributed by atoms with Crippen molar-refractivity contribution in [2.24, 2.45) is 0 Å². The summed E-state index contributed by atoms with van der Waals surface area (Å²) in [4.78, 5) is 0. The Morgan fingerprint density at radius 3 is 1.54 bits per heavy atom. The molecular formula is C50H32N2. The maximum Gasteiger partial charge on any atom is 0.0618 e. The van der Waals surface area contributed by atoms with Gasteiger partial charge in [-0.25, -0.2) is 0 Å². The van der Waals surface area contributed by atoms with Gasteiger partial charge in [0.1, 0.15) is 0 Å². The number of hydrogen-bond acceptors (Lipinski definition) is 0. The molecule has 0 unspecified atom stereocenters. The fourth-order valence-corrected chi connectivity index (χ4v) is 8.56. The maximum absolute atomic E-state index is 2.50. The molecule has 2 nitrogen and oxygen atoms in total. The molecule has 11 rings (SSSR count). The summed E-state index contributed by atoms with van der Waals surface area (Å²) in [6, 6.07) is 71.0. The van der Waals surface area contributed by atoms with Crippen LogP contribution in [0.5, 0.6) is 0 Å². The van der Waals surface area contributed by atoms with Gasteiger partial charge >= 0.3 is 0 Å². The fourth-order valence-electron chi connectivity index (χ4n) is 8.56. The van der Waals surface area contributed by atoms with Crippen molar-refractivity contribution in [3.05, 3.63) is 194 Å². The molecule has 9 aromatic carbocycles. The van der Waals surface area contributed by atoms with Crippen LogP contribution in [-0.4, -0.2) is 9.13 Å². The van der Waals surface area contributed by atoms with Crippen molar-refractivity contribution in [1.29, 1.82) is 0 Å². The molecule has 2 heterocycles. The average Bonchev–Trinajstić information content (AvgIpc) is 3.72. The number of hydrogen-bond donors (Lipinski definition) is 0. The SMILES string of the molecule is c1ccc(-c2ccccc2-n2c3ccccc3c3cc(-c4ccc5c6ccccc6n(-c6c7ccccc7cc7ccccc67)c5c4)ccc32)cc1. The molecule has 0 aliphatic carbocycles. The van der Waals surface area contributed by atoms with Crippen LogP contribution in [-0.2, 0) is 0 Å². The lowest BCUT2D eigenvalue weighted by molar-refractivity contribution is 1.18. The highest BCUT2D eigenvalue weighted by Gasteiger charge is 2.19. The zero-order valence-corrected chi connectivity index (χ0v) is 28.4. The Morgan fingerprint density at radius 2 is 0.788 bits per heavy atom. The number of benzene rings is 9. The summed E-state index contributed by atoms with van der Waals surface area (Å²) in [5, 5.41) is 10.0. The van der Waals surface area contributed by atoms with Crippen LogP contribution in [0, 0.1) is 0 Å². The van der Waals surface area contributed by atoms with Gasteiger partial charge in [0.2, 0.25) is 0 Å². The zero-order chi connectivity index (χ0) is 34.2. The van der Waals surface area contributed by atoms with Gasteiger partial charge in [-0.2, -0.15) is 0 Å². The van der Waals surface area contributed by atoms with Crippen molar-refractivity contribution < 1.29 is 0 Å². The smallest absolute Gasteiger partial charge is 0.0618 e. The van der Waals surface area contributed by atoms with Crippen LogP contribution in [0.2, 0.25) is 0 Å². The summed E-state index contributed by atoms with van der Waals surface area (Å²) in [7, 11) is 0. The van der Waals surface area contributed by atoms with E-state index in [0.717, 1.165) is 0 Å². The summed E-state index contributed by atoms with van der Waals surface area (Å²) in [5.41, 5.74) is 12.1. The number of rotatable bonds is 4. The molecule has 2 heteroatoms. The first kappa shape index (κ1) is 28.9. The summed E-state index contributed by atoms with van der Waals surface area (Å²) >= 11 is 0. The first-order valence-corrected chi connectivity index (χ1v) is 17.9. The van der Waals surface area contributed by atoms with E-state index in [9.17, 15) is 0 Å². The minimum atomic E-state index is 1.18. The third-order valence-corrected chi connectivity index (χ3v) is 10.9. The van der Waals surface area contributed by atoms with Crippen LogP contribution in [0.25, 0.3) is 98.8 Å². The number of para-hydroxylation sites is 3. The van der Waals surface area contributed by atoms with Gasteiger partial charge < -0.3 is 9.13 Å². The van der Waals surface area contributed by atoms with Crippen molar-refractivity contribution in [3.63, 3.8) is 0 Å². The molecule has 0 bridgehead atoms. The molecule has 0 aliphatic rings. The first-order valence-electron chi connectivity index (χ1n) is 17.9. The van der Waals surface area contributed by atoms with Gasteiger partial charge in [0.05, 0.1) is 33.4 Å². The Kier molecular flexibility index (Phi) is 6.28. The minimum absolute atomic E-state index is 1.18. The summed E-state index contributed by atoms with van der Waals surface area (Å²) < 4.78 is 4.94. The van der Waals surface area contributed by atoms with E-state index in [4.69, 9.17) is 0 Å². The predicted octanol–water partition coefficient (Wildman–Crippen LogP) is 13.5. The second-order valence-electron chi connectivity index (χ2n) is 13.7. The molecule has 2 aromatic heterocycles. The van der Waals surface area contributed by atoms with Crippen molar-refractivity contribution in [2.75, 3.05) is 0 Å². The van der Waals surface area contributed by atoms with E-state index in [0.29, 0.717) is 0 Å². The van der Waals surface area contributed by atoms with Crippen LogP contribution in [0.15, 0.2) is 194 Å². The van der Waals surface area contributed by atoms with Crippen molar-refractivity contribution in [2.45, 2.75) is 0 Å². The number of aromatic nitrogens is 2. The second-order valence-corrected chi connectivity index (χ2v) is 13.7. The lowest BCUT2D eigenvalue weighted by Gasteiger charge is -2.16.